The molecule has 102 valence electrons. The molecular formula is C16H27NO. The monoisotopic (exact) mass is 249 g/mol. The molecule has 3 unspecified atom stereocenters. The molecule has 1 heterocycles. The number of hydrogen-bond donors (Lipinski definition) is 1. The Morgan fingerprint density at radius 3 is 2.44 bits per heavy atom. The van der Waals surface area contributed by atoms with Crippen molar-refractivity contribution >= 4 is 5.78 Å². The van der Waals surface area contributed by atoms with Gasteiger partial charge in [0.15, 0.2) is 5.78 Å². The van der Waals surface area contributed by atoms with E-state index in [4.69, 9.17) is 0 Å². The first-order valence-corrected chi connectivity index (χ1v) is 8.04. The predicted molar refractivity (Wildman–Crippen MR) is 73.4 cm³/mol. The molecule has 1 aliphatic heterocycles. The summed E-state index contributed by atoms with van der Waals surface area (Å²) in [6.45, 7) is 2.32. The molecule has 0 aromatic rings. The van der Waals surface area contributed by atoms with Crippen LogP contribution < -0.4 is 5.32 Å². The molecule has 3 atom stereocenters. The van der Waals surface area contributed by atoms with Gasteiger partial charge in [0.2, 0.25) is 0 Å². The molecule has 0 radical (unpaired) electrons. The Kier molecular flexibility index (Phi) is 3.74. The molecule has 0 amide bonds. The molecule has 3 fully saturated rings. The Morgan fingerprint density at radius 2 is 1.72 bits per heavy atom. The fraction of sp³-hybridized carbons (Fsp3) is 0.938. The van der Waals surface area contributed by atoms with Crippen molar-refractivity contribution in [1.82, 2.24) is 5.32 Å². The molecule has 0 aromatic carbocycles. The van der Waals surface area contributed by atoms with Gasteiger partial charge in [0.25, 0.3) is 0 Å². The second-order valence-electron chi connectivity index (χ2n) is 6.97. The van der Waals surface area contributed by atoms with E-state index in [1.54, 1.807) is 0 Å². The van der Waals surface area contributed by atoms with Crippen LogP contribution in [0.2, 0.25) is 0 Å². The van der Waals surface area contributed by atoms with E-state index in [0.717, 1.165) is 31.1 Å². The number of carbonyl (C=O) groups is 1. The van der Waals surface area contributed by atoms with Crippen molar-refractivity contribution < 1.29 is 4.79 Å². The lowest BCUT2D eigenvalue weighted by molar-refractivity contribution is -0.125. The first kappa shape index (κ1) is 12.7. The van der Waals surface area contributed by atoms with Crippen LogP contribution in [-0.4, -0.2) is 17.9 Å². The summed E-state index contributed by atoms with van der Waals surface area (Å²) in [7, 11) is 0. The van der Waals surface area contributed by atoms with Crippen LogP contribution in [0, 0.1) is 17.8 Å². The number of hydrogen-bond acceptors (Lipinski definition) is 2. The lowest BCUT2D eigenvalue weighted by atomic mass is 9.78. The summed E-state index contributed by atoms with van der Waals surface area (Å²) in [5.41, 5.74) is 0. The average Bonchev–Trinajstić information content (AvgIpc) is 2.82. The van der Waals surface area contributed by atoms with Gasteiger partial charge in [-0.05, 0) is 43.9 Å². The SMILES string of the molecule is CC1CCC(C(=O)C2CC3CCCCC3N2)CC1. The van der Waals surface area contributed by atoms with E-state index in [9.17, 15) is 4.79 Å². The number of nitrogens with one attached hydrogen (secondary N) is 1. The fourth-order valence-electron chi connectivity index (χ4n) is 4.37. The smallest absolute Gasteiger partial charge is 0.152 e. The second kappa shape index (κ2) is 5.32. The zero-order valence-corrected chi connectivity index (χ0v) is 11.7. The van der Waals surface area contributed by atoms with Crippen LogP contribution in [0.15, 0.2) is 0 Å². The van der Waals surface area contributed by atoms with Crippen LogP contribution in [0.4, 0.5) is 0 Å². The third kappa shape index (κ3) is 2.49. The van der Waals surface area contributed by atoms with Gasteiger partial charge < -0.3 is 5.32 Å². The Labute approximate surface area is 111 Å². The lowest BCUT2D eigenvalue weighted by Crippen LogP contribution is -2.40. The first-order valence-electron chi connectivity index (χ1n) is 8.04. The van der Waals surface area contributed by atoms with Gasteiger partial charge in [-0.1, -0.05) is 32.6 Å². The van der Waals surface area contributed by atoms with Crippen LogP contribution in [-0.2, 0) is 4.79 Å². The maximum absolute atomic E-state index is 12.6. The van der Waals surface area contributed by atoms with Crippen molar-refractivity contribution in [2.45, 2.75) is 76.8 Å². The summed E-state index contributed by atoms with van der Waals surface area (Å²) in [6.07, 6.45) is 11.3. The molecular weight excluding hydrogens is 222 g/mol. The Morgan fingerprint density at radius 1 is 1.00 bits per heavy atom. The van der Waals surface area contributed by atoms with E-state index in [0.29, 0.717) is 17.7 Å². The summed E-state index contributed by atoms with van der Waals surface area (Å²) >= 11 is 0. The van der Waals surface area contributed by atoms with Crippen molar-refractivity contribution in [1.29, 1.82) is 0 Å². The summed E-state index contributed by atoms with van der Waals surface area (Å²) in [6, 6.07) is 0.867. The minimum absolute atomic E-state index is 0.205. The van der Waals surface area contributed by atoms with Gasteiger partial charge in [0.1, 0.15) is 0 Å². The number of carbonyl (C=O) groups excluding carboxylic acids is 1. The van der Waals surface area contributed by atoms with Crippen molar-refractivity contribution in [3.05, 3.63) is 0 Å². The number of fused-ring (bicyclic) bond motifs is 1. The maximum atomic E-state index is 12.6. The average molecular weight is 249 g/mol. The van der Waals surface area contributed by atoms with Crippen LogP contribution in [0.1, 0.15) is 64.7 Å². The molecule has 2 heteroatoms. The second-order valence-corrected chi connectivity index (χ2v) is 6.97. The van der Waals surface area contributed by atoms with Gasteiger partial charge >= 0.3 is 0 Å². The van der Waals surface area contributed by atoms with Gasteiger partial charge in [-0.15, -0.1) is 0 Å². The molecule has 3 aliphatic rings. The molecule has 0 bridgehead atoms. The molecule has 2 nitrogen and oxygen atoms in total. The van der Waals surface area contributed by atoms with Crippen molar-refractivity contribution in [2.75, 3.05) is 0 Å². The first-order chi connectivity index (χ1) is 8.74. The highest BCUT2D eigenvalue weighted by molar-refractivity contribution is 5.86. The minimum atomic E-state index is 0.205. The van der Waals surface area contributed by atoms with E-state index >= 15 is 0 Å². The van der Waals surface area contributed by atoms with Gasteiger partial charge in [-0.25, -0.2) is 0 Å². The quantitative estimate of drug-likeness (QED) is 0.813. The predicted octanol–water partition coefficient (Wildman–Crippen LogP) is 3.30. The molecule has 0 spiro atoms. The van der Waals surface area contributed by atoms with Crippen LogP contribution in [0.3, 0.4) is 0 Å². The van der Waals surface area contributed by atoms with Gasteiger partial charge in [-0.2, -0.15) is 0 Å². The van der Waals surface area contributed by atoms with Crippen molar-refractivity contribution in [3.63, 3.8) is 0 Å². The zero-order chi connectivity index (χ0) is 12.5. The summed E-state index contributed by atoms with van der Waals surface area (Å²) in [5, 5.41) is 3.65. The highest BCUT2D eigenvalue weighted by Gasteiger charge is 2.40. The number of ketones is 1. The lowest BCUT2D eigenvalue weighted by Gasteiger charge is -2.27. The van der Waals surface area contributed by atoms with E-state index < -0.39 is 0 Å². The molecule has 3 rings (SSSR count). The minimum Gasteiger partial charge on any atom is -0.304 e. The standard InChI is InChI=1S/C16H27NO/c1-11-6-8-12(9-7-11)16(18)15-10-13-4-2-3-5-14(13)17-15/h11-15,17H,2-10H2,1H3. The van der Waals surface area contributed by atoms with Crippen LogP contribution >= 0.6 is 0 Å². The van der Waals surface area contributed by atoms with E-state index in [2.05, 4.69) is 12.2 Å². The largest absolute Gasteiger partial charge is 0.304 e. The Balaban J connectivity index is 1.57. The van der Waals surface area contributed by atoms with Gasteiger partial charge in [-0.3, -0.25) is 4.79 Å². The number of Topliss-reactive ketones (excluding diaryl/α,β-unsaturated/α-hetero) is 1. The third-order valence-corrected chi connectivity index (χ3v) is 5.62. The number of rotatable bonds is 2. The molecule has 2 aliphatic carbocycles. The summed E-state index contributed by atoms with van der Waals surface area (Å²) in [5.74, 6) is 2.57. The molecule has 1 saturated heterocycles. The van der Waals surface area contributed by atoms with Gasteiger partial charge in [0, 0.05) is 12.0 Å². The highest BCUT2D eigenvalue weighted by Crippen LogP contribution is 2.36. The topological polar surface area (TPSA) is 29.1 Å². The highest BCUT2D eigenvalue weighted by atomic mass is 16.1. The molecule has 0 aromatic heterocycles. The maximum Gasteiger partial charge on any atom is 0.152 e. The van der Waals surface area contributed by atoms with E-state index in [-0.39, 0.29) is 6.04 Å². The zero-order valence-electron chi connectivity index (χ0n) is 11.7. The normalized spacial score (nSPS) is 44.6. The van der Waals surface area contributed by atoms with Crippen LogP contribution in [0.25, 0.3) is 0 Å². The van der Waals surface area contributed by atoms with Crippen molar-refractivity contribution in [2.24, 2.45) is 17.8 Å². The fourth-order valence-corrected chi connectivity index (χ4v) is 4.37. The van der Waals surface area contributed by atoms with Gasteiger partial charge in [0.05, 0.1) is 6.04 Å². The van der Waals surface area contributed by atoms with E-state index in [1.807, 2.05) is 0 Å². The Bertz CT molecular complexity index is 292. The molecule has 1 N–H and O–H groups in total. The van der Waals surface area contributed by atoms with Crippen molar-refractivity contribution in [3.8, 4) is 0 Å². The summed E-state index contributed by atoms with van der Waals surface area (Å²) < 4.78 is 0. The molecule has 18 heavy (non-hydrogen) atoms. The van der Waals surface area contributed by atoms with E-state index in [1.165, 1.54) is 38.5 Å². The third-order valence-electron chi connectivity index (χ3n) is 5.62. The Hall–Kier alpha value is -0.370. The molecule has 2 saturated carbocycles. The summed E-state index contributed by atoms with van der Waals surface area (Å²) in [4.78, 5) is 12.6. The van der Waals surface area contributed by atoms with Crippen LogP contribution in [0.5, 0.6) is 0 Å².